The van der Waals surface area contributed by atoms with E-state index in [0.29, 0.717) is 0 Å². The minimum Gasteiger partial charge on any atom is -0.481 e. The fourth-order valence-corrected chi connectivity index (χ4v) is 2.63. The van der Waals surface area contributed by atoms with Gasteiger partial charge >= 0.3 is 5.97 Å². The molecule has 1 aromatic carbocycles. The highest BCUT2D eigenvalue weighted by Gasteiger charge is 2.46. The number of hydrogen-bond acceptors (Lipinski definition) is 1. The Bertz CT molecular complexity index is 552. The topological polar surface area (TPSA) is 53.1 Å². The van der Waals surface area contributed by atoms with Crippen molar-refractivity contribution in [2.75, 3.05) is 0 Å². The highest BCUT2D eigenvalue weighted by Crippen LogP contribution is 2.46. The Balaban J connectivity index is 2.25. The quantitative estimate of drug-likeness (QED) is 0.809. The number of rotatable bonds is 2. The van der Waals surface area contributed by atoms with Crippen LogP contribution in [0.5, 0.6) is 0 Å². The van der Waals surface area contributed by atoms with Crippen molar-refractivity contribution in [3.05, 3.63) is 36.0 Å². The number of carboxylic acids is 1. The van der Waals surface area contributed by atoms with Crippen LogP contribution in [0.1, 0.15) is 24.8 Å². The monoisotopic (exact) mass is 215 g/mol. The maximum absolute atomic E-state index is 11.5. The van der Waals surface area contributed by atoms with E-state index in [0.717, 1.165) is 35.7 Å². The number of carbonyl (C=O) groups is 1. The van der Waals surface area contributed by atoms with E-state index in [4.69, 9.17) is 0 Å². The number of nitrogens with one attached hydrogen (secondary N) is 1. The van der Waals surface area contributed by atoms with Crippen molar-refractivity contribution in [2.45, 2.75) is 24.7 Å². The van der Waals surface area contributed by atoms with Crippen molar-refractivity contribution in [1.82, 2.24) is 4.98 Å². The molecule has 1 saturated carbocycles. The van der Waals surface area contributed by atoms with Gasteiger partial charge in [0.1, 0.15) is 0 Å². The van der Waals surface area contributed by atoms with Crippen molar-refractivity contribution in [2.24, 2.45) is 0 Å². The Morgan fingerprint density at radius 1 is 1.31 bits per heavy atom. The zero-order valence-corrected chi connectivity index (χ0v) is 8.86. The number of carboxylic acid groups (broad SMARTS) is 1. The molecule has 16 heavy (non-hydrogen) atoms. The number of aliphatic carboxylic acids is 1. The fraction of sp³-hybridized carbons (Fsp3) is 0.308. The summed E-state index contributed by atoms with van der Waals surface area (Å²) >= 11 is 0. The molecule has 0 unspecified atom stereocenters. The summed E-state index contributed by atoms with van der Waals surface area (Å²) in [6.07, 6.45) is 4.38. The number of aromatic nitrogens is 1. The van der Waals surface area contributed by atoms with Gasteiger partial charge in [-0.3, -0.25) is 4.79 Å². The number of H-pyrrole nitrogens is 1. The molecular weight excluding hydrogens is 202 g/mol. The highest BCUT2D eigenvalue weighted by molar-refractivity contribution is 5.92. The summed E-state index contributed by atoms with van der Waals surface area (Å²) < 4.78 is 0. The second kappa shape index (κ2) is 3.11. The average Bonchev–Trinajstić information content (AvgIpc) is 2.63. The molecule has 1 heterocycles. The van der Waals surface area contributed by atoms with E-state index in [-0.39, 0.29) is 0 Å². The van der Waals surface area contributed by atoms with Crippen LogP contribution in [-0.2, 0) is 10.2 Å². The average molecular weight is 215 g/mol. The molecule has 0 bridgehead atoms. The van der Waals surface area contributed by atoms with Gasteiger partial charge in [-0.15, -0.1) is 0 Å². The SMILES string of the molecule is O=C(O)C1(c2cccc3[nH]ccc23)CCC1. The first-order valence-corrected chi connectivity index (χ1v) is 5.54. The molecule has 0 amide bonds. The molecule has 1 aliphatic rings. The molecule has 0 spiro atoms. The zero-order valence-electron chi connectivity index (χ0n) is 8.86. The van der Waals surface area contributed by atoms with Gasteiger partial charge in [-0.05, 0) is 30.5 Å². The van der Waals surface area contributed by atoms with Crippen LogP contribution in [0.2, 0.25) is 0 Å². The largest absolute Gasteiger partial charge is 0.481 e. The lowest BCUT2D eigenvalue weighted by molar-refractivity contribution is -0.147. The summed E-state index contributed by atoms with van der Waals surface area (Å²) in [7, 11) is 0. The molecule has 0 atom stereocenters. The number of benzene rings is 1. The standard InChI is InChI=1S/C13H13NO2/c15-12(16)13(6-2-7-13)10-3-1-4-11-9(10)5-8-14-11/h1,3-5,8,14H,2,6-7H2,(H,15,16). The second-order valence-corrected chi connectivity index (χ2v) is 4.49. The molecule has 2 aromatic rings. The van der Waals surface area contributed by atoms with E-state index < -0.39 is 11.4 Å². The van der Waals surface area contributed by atoms with Gasteiger partial charge in [-0.25, -0.2) is 0 Å². The van der Waals surface area contributed by atoms with E-state index in [9.17, 15) is 9.90 Å². The van der Waals surface area contributed by atoms with E-state index >= 15 is 0 Å². The molecule has 82 valence electrons. The minimum atomic E-state index is -0.688. The van der Waals surface area contributed by atoms with Crippen molar-refractivity contribution in [3.8, 4) is 0 Å². The smallest absolute Gasteiger partial charge is 0.314 e. The zero-order chi connectivity index (χ0) is 11.2. The Hall–Kier alpha value is -1.77. The normalized spacial score (nSPS) is 18.2. The maximum Gasteiger partial charge on any atom is 0.314 e. The Kier molecular flexibility index (Phi) is 1.84. The van der Waals surface area contributed by atoms with Crippen molar-refractivity contribution in [1.29, 1.82) is 0 Å². The number of aromatic amines is 1. The molecule has 2 N–H and O–H groups in total. The molecule has 0 aliphatic heterocycles. The number of hydrogen-bond donors (Lipinski definition) is 2. The Labute approximate surface area is 93.1 Å². The van der Waals surface area contributed by atoms with Crippen LogP contribution in [-0.4, -0.2) is 16.1 Å². The molecule has 3 rings (SSSR count). The Morgan fingerprint density at radius 2 is 2.12 bits per heavy atom. The van der Waals surface area contributed by atoms with E-state index in [1.807, 2.05) is 30.5 Å². The van der Waals surface area contributed by atoms with Gasteiger partial charge in [-0.2, -0.15) is 0 Å². The summed E-state index contributed by atoms with van der Waals surface area (Å²) in [5.41, 5.74) is 1.34. The van der Waals surface area contributed by atoms with Gasteiger partial charge in [0.05, 0.1) is 5.41 Å². The first kappa shape index (κ1) is 9.46. The van der Waals surface area contributed by atoms with Gasteiger partial charge in [0.25, 0.3) is 0 Å². The van der Waals surface area contributed by atoms with Crippen LogP contribution >= 0.6 is 0 Å². The lowest BCUT2D eigenvalue weighted by Crippen LogP contribution is -2.42. The maximum atomic E-state index is 11.5. The summed E-state index contributed by atoms with van der Waals surface area (Å²) in [5.74, 6) is -0.688. The van der Waals surface area contributed by atoms with E-state index in [1.165, 1.54) is 0 Å². The lowest BCUT2D eigenvalue weighted by atomic mass is 9.64. The molecule has 3 heteroatoms. The molecule has 1 fully saturated rings. The van der Waals surface area contributed by atoms with E-state index in [2.05, 4.69) is 4.98 Å². The van der Waals surface area contributed by atoms with Crippen LogP contribution < -0.4 is 0 Å². The molecule has 0 saturated heterocycles. The third kappa shape index (κ3) is 1.06. The molecule has 1 aliphatic carbocycles. The molecular formula is C13H13NO2. The van der Waals surface area contributed by atoms with Crippen molar-refractivity contribution >= 4 is 16.9 Å². The van der Waals surface area contributed by atoms with E-state index in [1.54, 1.807) is 0 Å². The minimum absolute atomic E-state index is 0.637. The third-order valence-electron chi connectivity index (χ3n) is 3.73. The lowest BCUT2D eigenvalue weighted by Gasteiger charge is -2.38. The first-order valence-electron chi connectivity index (χ1n) is 5.54. The number of fused-ring (bicyclic) bond motifs is 1. The van der Waals surface area contributed by atoms with Gasteiger partial charge in [0.15, 0.2) is 0 Å². The molecule has 3 nitrogen and oxygen atoms in total. The predicted octanol–water partition coefficient (Wildman–Crippen LogP) is 2.67. The summed E-state index contributed by atoms with van der Waals surface area (Å²) in [6, 6.07) is 7.82. The van der Waals surface area contributed by atoms with Crippen LogP contribution in [0.15, 0.2) is 30.5 Å². The molecule has 1 aromatic heterocycles. The molecule has 0 radical (unpaired) electrons. The Morgan fingerprint density at radius 3 is 2.75 bits per heavy atom. The van der Waals surface area contributed by atoms with Crippen LogP contribution in [0.25, 0.3) is 10.9 Å². The van der Waals surface area contributed by atoms with Gasteiger partial charge in [0.2, 0.25) is 0 Å². The van der Waals surface area contributed by atoms with Gasteiger partial charge in [0, 0.05) is 17.1 Å². The summed E-state index contributed by atoms with van der Waals surface area (Å²) in [4.78, 5) is 14.6. The van der Waals surface area contributed by atoms with Crippen LogP contribution in [0, 0.1) is 0 Å². The highest BCUT2D eigenvalue weighted by atomic mass is 16.4. The van der Waals surface area contributed by atoms with Crippen LogP contribution in [0.4, 0.5) is 0 Å². The summed E-state index contributed by atoms with van der Waals surface area (Å²) in [5, 5.41) is 10.5. The van der Waals surface area contributed by atoms with Gasteiger partial charge in [-0.1, -0.05) is 18.6 Å². The van der Waals surface area contributed by atoms with Crippen molar-refractivity contribution in [3.63, 3.8) is 0 Å². The summed E-state index contributed by atoms with van der Waals surface area (Å²) in [6.45, 7) is 0. The first-order chi connectivity index (χ1) is 7.74. The van der Waals surface area contributed by atoms with Gasteiger partial charge < -0.3 is 10.1 Å². The predicted molar refractivity (Wildman–Crippen MR) is 61.5 cm³/mol. The van der Waals surface area contributed by atoms with Crippen LogP contribution in [0.3, 0.4) is 0 Å². The third-order valence-corrected chi connectivity index (χ3v) is 3.73. The fourth-order valence-electron chi connectivity index (χ4n) is 2.63. The second-order valence-electron chi connectivity index (χ2n) is 4.49. The van der Waals surface area contributed by atoms with Crippen molar-refractivity contribution < 1.29 is 9.90 Å².